The molecule has 2 rings (SSSR count). The Bertz CT molecular complexity index is 587. The number of hydrogen-bond donors (Lipinski definition) is 1. The van der Waals surface area contributed by atoms with E-state index >= 15 is 0 Å². The molecule has 0 atom stereocenters. The monoisotopic (exact) mass is 300 g/mol. The van der Waals surface area contributed by atoms with Crippen molar-refractivity contribution in [3.05, 3.63) is 59.7 Å². The van der Waals surface area contributed by atoms with Crippen LogP contribution in [0.1, 0.15) is 29.3 Å². The van der Waals surface area contributed by atoms with Gasteiger partial charge in [-0.2, -0.15) is 0 Å². The molecule has 1 N–H and O–H groups in total. The zero-order valence-electron chi connectivity index (χ0n) is 12.6. The van der Waals surface area contributed by atoms with E-state index in [9.17, 15) is 9.90 Å². The number of phenols is 1. The van der Waals surface area contributed by atoms with E-state index in [-0.39, 0.29) is 11.5 Å². The van der Waals surface area contributed by atoms with Crippen molar-refractivity contribution in [1.29, 1.82) is 0 Å². The zero-order valence-corrected chi connectivity index (χ0v) is 12.6. The molecule has 0 unspecified atom stereocenters. The molecule has 0 aliphatic carbocycles. The normalized spacial score (nSPS) is 10.4. The summed E-state index contributed by atoms with van der Waals surface area (Å²) in [7, 11) is 0. The molecule has 0 spiro atoms. The fourth-order valence-corrected chi connectivity index (χ4v) is 1.95. The minimum absolute atomic E-state index is 0.0853. The molecule has 2 aromatic rings. The summed E-state index contributed by atoms with van der Waals surface area (Å²) in [5.74, 6) is 0.769. The summed E-state index contributed by atoms with van der Waals surface area (Å²) < 4.78 is 10.9. The Labute approximate surface area is 130 Å². The van der Waals surface area contributed by atoms with Crippen LogP contribution in [-0.4, -0.2) is 30.7 Å². The van der Waals surface area contributed by atoms with Crippen LogP contribution in [0.3, 0.4) is 0 Å². The summed E-state index contributed by atoms with van der Waals surface area (Å²) in [4.78, 5) is 12.3. The quantitative estimate of drug-likeness (QED) is 0.599. The number of ether oxygens (including phenoxy) is 2. The van der Waals surface area contributed by atoms with Gasteiger partial charge in [-0.3, -0.25) is 4.79 Å². The minimum atomic E-state index is -0.0853. The largest absolute Gasteiger partial charge is 0.508 e. The third-order valence-electron chi connectivity index (χ3n) is 3.09. The van der Waals surface area contributed by atoms with Crippen molar-refractivity contribution in [3.63, 3.8) is 0 Å². The third kappa shape index (κ3) is 4.60. The van der Waals surface area contributed by atoms with Gasteiger partial charge >= 0.3 is 0 Å². The van der Waals surface area contributed by atoms with Crippen molar-refractivity contribution in [2.24, 2.45) is 0 Å². The number of carbonyl (C=O) groups is 1. The van der Waals surface area contributed by atoms with Gasteiger partial charge in [0.1, 0.15) is 18.1 Å². The Balaban J connectivity index is 1.91. The molecule has 2 aromatic carbocycles. The summed E-state index contributed by atoms with van der Waals surface area (Å²) in [5.41, 5.74) is 1.12. The maximum atomic E-state index is 12.3. The second kappa shape index (κ2) is 8.20. The molecule has 4 heteroatoms. The lowest BCUT2D eigenvalue weighted by Crippen LogP contribution is -2.07. The SMILES string of the molecule is CCCOCCOc1ccc(C(=O)c2ccc(O)cc2)cc1. The lowest BCUT2D eigenvalue weighted by Gasteiger charge is -2.07. The van der Waals surface area contributed by atoms with Crippen molar-refractivity contribution >= 4 is 5.78 Å². The zero-order chi connectivity index (χ0) is 15.8. The highest BCUT2D eigenvalue weighted by molar-refractivity contribution is 6.09. The van der Waals surface area contributed by atoms with Crippen LogP contribution in [0.2, 0.25) is 0 Å². The van der Waals surface area contributed by atoms with Gasteiger partial charge in [-0.05, 0) is 55.0 Å². The second-order valence-corrected chi connectivity index (χ2v) is 4.86. The van der Waals surface area contributed by atoms with Crippen LogP contribution in [0.5, 0.6) is 11.5 Å². The summed E-state index contributed by atoms with van der Waals surface area (Å²) >= 11 is 0. The lowest BCUT2D eigenvalue weighted by atomic mass is 10.0. The molecule has 0 aliphatic heterocycles. The Morgan fingerprint density at radius 2 is 1.50 bits per heavy atom. The molecule has 0 saturated heterocycles. The molecule has 0 bridgehead atoms. The average molecular weight is 300 g/mol. The Morgan fingerprint density at radius 1 is 0.909 bits per heavy atom. The van der Waals surface area contributed by atoms with Crippen molar-refractivity contribution in [2.45, 2.75) is 13.3 Å². The highest BCUT2D eigenvalue weighted by Gasteiger charge is 2.09. The summed E-state index contributed by atoms with van der Waals surface area (Å²) in [5, 5.41) is 9.24. The summed E-state index contributed by atoms with van der Waals surface area (Å²) in [6.07, 6.45) is 0.994. The molecule has 0 aromatic heterocycles. The first-order valence-corrected chi connectivity index (χ1v) is 7.35. The molecule has 116 valence electrons. The Kier molecular flexibility index (Phi) is 5.98. The topological polar surface area (TPSA) is 55.8 Å². The van der Waals surface area contributed by atoms with E-state index in [1.54, 1.807) is 36.4 Å². The smallest absolute Gasteiger partial charge is 0.193 e. The molecule has 0 fully saturated rings. The molecule has 4 nitrogen and oxygen atoms in total. The Hall–Kier alpha value is -2.33. The maximum Gasteiger partial charge on any atom is 0.193 e. The highest BCUT2D eigenvalue weighted by Crippen LogP contribution is 2.17. The molecular weight excluding hydrogens is 280 g/mol. The van der Waals surface area contributed by atoms with Crippen LogP contribution >= 0.6 is 0 Å². The number of benzene rings is 2. The van der Waals surface area contributed by atoms with Crippen LogP contribution in [0.25, 0.3) is 0 Å². The van der Waals surface area contributed by atoms with Crippen LogP contribution in [-0.2, 0) is 4.74 Å². The van der Waals surface area contributed by atoms with Gasteiger partial charge in [0.25, 0.3) is 0 Å². The third-order valence-corrected chi connectivity index (χ3v) is 3.09. The van der Waals surface area contributed by atoms with Gasteiger partial charge < -0.3 is 14.6 Å². The van der Waals surface area contributed by atoms with E-state index in [0.29, 0.717) is 30.1 Å². The summed E-state index contributed by atoms with van der Waals surface area (Å²) in [6, 6.07) is 13.2. The predicted octanol–water partition coefficient (Wildman–Crippen LogP) is 3.43. The number of carbonyl (C=O) groups excluding carboxylic acids is 1. The van der Waals surface area contributed by atoms with Crippen molar-refractivity contribution in [3.8, 4) is 11.5 Å². The molecule has 0 saturated carbocycles. The summed E-state index contributed by atoms with van der Waals surface area (Å²) in [6.45, 7) is 3.85. The molecule has 0 amide bonds. The first kappa shape index (κ1) is 16.0. The first-order valence-electron chi connectivity index (χ1n) is 7.35. The highest BCUT2D eigenvalue weighted by atomic mass is 16.5. The van der Waals surface area contributed by atoms with Crippen LogP contribution in [0, 0.1) is 0 Å². The molecule has 0 aliphatic rings. The predicted molar refractivity (Wildman–Crippen MR) is 84.6 cm³/mol. The molecule has 0 radical (unpaired) electrons. The van der Waals surface area contributed by atoms with E-state index in [1.165, 1.54) is 12.1 Å². The number of ketones is 1. The lowest BCUT2D eigenvalue weighted by molar-refractivity contribution is 0.100. The van der Waals surface area contributed by atoms with E-state index < -0.39 is 0 Å². The number of phenolic OH excluding ortho intramolecular Hbond substituents is 1. The molecule has 22 heavy (non-hydrogen) atoms. The van der Waals surface area contributed by atoms with Crippen molar-refractivity contribution < 1.29 is 19.4 Å². The Morgan fingerprint density at radius 3 is 2.09 bits per heavy atom. The average Bonchev–Trinajstić information content (AvgIpc) is 2.55. The fraction of sp³-hybridized carbons (Fsp3) is 0.278. The van der Waals surface area contributed by atoms with E-state index in [2.05, 4.69) is 6.92 Å². The standard InChI is InChI=1S/C18H20O4/c1-2-11-21-12-13-22-17-9-5-15(6-10-17)18(20)14-3-7-16(19)8-4-14/h3-10,19H,2,11-13H2,1H3. The van der Waals surface area contributed by atoms with Gasteiger partial charge in [0.05, 0.1) is 6.61 Å². The van der Waals surface area contributed by atoms with Gasteiger partial charge in [0.15, 0.2) is 5.78 Å². The second-order valence-electron chi connectivity index (χ2n) is 4.86. The van der Waals surface area contributed by atoms with Gasteiger partial charge in [-0.25, -0.2) is 0 Å². The molecule has 0 heterocycles. The fourth-order valence-electron chi connectivity index (χ4n) is 1.95. The maximum absolute atomic E-state index is 12.3. The number of hydrogen-bond acceptors (Lipinski definition) is 4. The van der Waals surface area contributed by atoms with E-state index in [1.807, 2.05) is 0 Å². The van der Waals surface area contributed by atoms with Gasteiger partial charge in [0, 0.05) is 17.7 Å². The number of rotatable bonds is 8. The minimum Gasteiger partial charge on any atom is -0.508 e. The van der Waals surface area contributed by atoms with Gasteiger partial charge in [-0.1, -0.05) is 6.92 Å². The molecular formula is C18H20O4. The van der Waals surface area contributed by atoms with Crippen molar-refractivity contribution in [2.75, 3.05) is 19.8 Å². The van der Waals surface area contributed by atoms with E-state index in [0.717, 1.165) is 13.0 Å². The van der Waals surface area contributed by atoms with Crippen LogP contribution in [0.4, 0.5) is 0 Å². The van der Waals surface area contributed by atoms with Crippen LogP contribution in [0.15, 0.2) is 48.5 Å². The number of aromatic hydroxyl groups is 1. The van der Waals surface area contributed by atoms with Crippen LogP contribution < -0.4 is 4.74 Å². The van der Waals surface area contributed by atoms with Gasteiger partial charge in [0.2, 0.25) is 0 Å². The van der Waals surface area contributed by atoms with E-state index in [4.69, 9.17) is 9.47 Å². The van der Waals surface area contributed by atoms with Gasteiger partial charge in [-0.15, -0.1) is 0 Å². The van der Waals surface area contributed by atoms with Crippen molar-refractivity contribution in [1.82, 2.24) is 0 Å². The first-order chi connectivity index (χ1) is 10.7.